The molecule has 1 N–H and O–H groups in total. The second kappa shape index (κ2) is 9.86. The first-order valence-corrected chi connectivity index (χ1v) is 7.03. The molecule has 0 atom stereocenters. The summed E-state index contributed by atoms with van der Waals surface area (Å²) in [4.78, 5) is 4.80. The van der Waals surface area contributed by atoms with Crippen LogP contribution in [-0.2, 0) is 0 Å². The minimum atomic E-state index is 0.654. The Hall–Kier alpha value is -0.120. The fraction of sp³-hybridized carbons (Fsp3) is 1.00. The summed E-state index contributed by atoms with van der Waals surface area (Å²) >= 11 is 0. The van der Waals surface area contributed by atoms with Gasteiger partial charge in [-0.25, -0.2) is 0 Å². The monoisotopic (exact) mass is 243 g/mol. The Balaban J connectivity index is 3.54. The lowest BCUT2D eigenvalue weighted by atomic mass is 10.2. The summed E-state index contributed by atoms with van der Waals surface area (Å²) in [5.74, 6) is 0.756. The van der Waals surface area contributed by atoms with Crippen LogP contribution in [-0.4, -0.2) is 62.7 Å². The predicted octanol–water partition coefficient (Wildman–Crippen LogP) is 1.89. The van der Waals surface area contributed by atoms with Gasteiger partial charge in [0.25, 0.3) is 0 Å². The first kappa shape index (κ1) is 16.9. The third-order valence-corrected chi connectivity index (χ3v) is 2.86. The molecule has 0 aromatic carbocycles. The van der Waals surface area contributed by atoms with Gasteiger partial charge in [0, 0.05) is 25.7 Å². The van der Waals surface area contributed by atoms with Crippen LogP contribution in [0.15, 0.2) is 0 Å². The van der Waals surface area contributed by atoms with E-state index in [0.717, 1.165) is 25.6 Å². The van der Waals surface area contributed by atoms with Gasteiger partial charge in [0.2, 0.25) is 0 Å². The van der Waals surface area contributed by atoms with Gasteiger partial charge in [0.1, 0.15) is 0 Å². The van der Waals surface area contributed by atoms with Crippen LogP contribution in [0.2, 0.25) is 0 Å². The van der Waals surface area contributed by atoms with Crippen molar-refractivity contribution in [3.05, 3.63) is 0 Å². The van der Waals surface area contributed by atoms with Gasteiger partial charge in [-0.1, -0.05) is 13.8 Å². The molecule has 0 bridgehead atoms. The standard InChI is InChI=1S/C14H33N3/c1-13(2)12-17(14(3)4)11-9-15-8-7-10-16(5)6/h13-15H,7-12H2,1-6H3. The van der Waals surface area contributed by atoms with Crippen LogP contribution in [0.3, 0.4) is 0 Å². The molecular formula is C14H33N3. The molecule has 0 aromatic heterocycles. The van der Waals surface area contributed by atoms with Crippen molar-refractivity contribution in [2.24, 2.45) is 5.92 Å². The van der Waals surface area contributed by atoms with E-state index in [1.807, 2.05) is 0 Å². The van der Waals surface area contributed by atoms with Crippen LogP contribution < -0.4 is 5.32 Å². The van der Waals surface area contributed by atoms with Crippen molar-refractivity contribution in [3.63, 3.8) is 0 Å². The highest BCUT2D eigenvalue weighted by Gasteiger charge is 2.10. The average Bonchev–Trinajstić information content (AvgIpc) is 2.20. The number of hydrogen-bond acceptors (Lipinski definition) is 3. The van der Waals surface area contributed by atoms with Crippen molar-refractivity contribution in [3.8, 4) is 0 Å². The highest BCUT2D eigenvalue weighted by molar-refractivity contribution is 4.66. The second-order valence-corrected chi connectivity index (χ2v) is 5.89. The lowest BCUT2D eigenvalue weighted by molar-refractivity contribution is 0.198. The van der Waals surface area contributed by atoms with Crippen molar-refractivity contribution < 1.29 is 0 Å². The van der Waals surface area contributed by atoms with Crippen LogP contribution in [0.1, 0.15) is 34.1 Å². The molecule has 0 saturated heterocycles. The maximum absolute atomic E-state index is 3.53. The third-order valence-electron chi connectivity index (χ3n) is 2.86. The molecule has 0 aliphatic heterocycles. The SMILES string of the molecule is CC(C)CN(CCNCCCN(C)C)C(C)C. The molecule has 3 nitrogen and oxygen atoms in total. The fourth-order valence-electron chi connectivity index (χ4n) is 1.90. The lowest BCUT2D eigenvalue weighted by Gasteiger charge is -2.28. The molecular weight excluding hydrogens is 210 g/mol. The number of nitrogens with zero attached hydrogens (tertiary/aromatic N) is 2. The van der Waals surface area contributed by atoms with E-state index in [0.29, 0.717) is 6.04 Å². The molecule has 0 rings (SSSR count). The summed E-state index contributed by atoms with van der Waals surface area (Å²) in [5, 5.41) is 3.53. The topological polar surface area (TPSA) is 18.5 Å². The van der Waals surface area contributed by atoms with E-state index in [4.69, 9.17) is 0 Å². The molecule has 3 heteroatoms. The van der Waals surface area contributed by atoms with Crippen LogP contribution in [0.5, 0.6) is 0 Å². The van der Waals surface area contributed by atoms with Gasteiger partial charge in [0.05, 0.1) is 0 Å². The Morgan fingerprint density at radius 3 is 2.06 bits per heavy atom. The first-order chi connectivity index (χ1) is 7.93. The molecule has 0 spiro atoms. The lowest BCUT2D eigenvalue weighted by Crippen LogP contribution is -2.39. The number of hydrogen-bond donors (Lipinski definition) is 1. The van der Waals surface area contributed by atoms with Crippen LogP contribution in [0.25, 0.3) is 0 Å². The molecule has 0 unspecified atom stereocenters. The highest BCUT2D eigenvalue weighted by atomic mass is 15.2. The molecule has 0 aromatic rings. The zero-order chi connectivity index (χ0) is 13.3. The summed E-state index contributed by atoms with van der Waals surface area (Å²) in [6.45, 7) is 14.9. The van der Waals surface area contributed by atoms with Crippen LogP contribution in [0.4, 0.5) is 0 Å². The molecule has 0 aliphatic carbocycles. The van der Waals surface area contributed by atoms with E-state index < -0.39 is 0 Å². The van der Waals surface area contributed by atoms with E-state index in [2.05, 4.69) is 56.9 Å². The molecule has 0 saturated carbocycles. The van der Waals surface area contributed by atoms with Gasteiger partial charge >= 0.3 is 0 Å². The largest absolute Gasteiger partial charge is 0.315 e. The van der Waals surface area contributed by atoms with E-state index >= 15 is 0 Å². The van der Waals surface area contributed by atoms with Crippen LogP contribution >= 0.6 is 0 Å². The van der Waals surface area contributed by atoms with Gasteiger partial charge in [-0.05, 0) is 53.4 Å². The Labute approximate surface area is 109 Å². The summed E-state index contributed by atoms with van der Waals surface area (Å²) in [5.41, 5.74) is 0. The minimum Gasteiger partial charge on any atom is -0.315 e. The fourth-order valence-corrected chi connectivity index (χ4v) is 1.90. The molecule has 17 heavy (non-hydrogen) atoms. The van der Waals surface area contributed by atoms with Gasteiger partial charge in [-0.2, -0.15) is 0 Å². The van der Waals surface area contributed by atoms with Crippen molar-refractivity contribution in [1.29, 1.82) is 0 Å². The highest BCUT2D eigenvalue weighted by Crippen LogP contribution is 2.02. The number of nitrogens with one attached hydrogen (secondary N) is 1. The van der Waals surface area contributed by atoms with Crippen molar-refractivity contribution in [1.82, 2.24) is 15.1 Å². The van der Waals surface area contributed by atoms with Gasteiger partial charge in [0.15, 0.2) is 0 Å². The maximum atomic E-state index is 3.53. The van der Waals surface area contributed by atoms with Crippen molar-refractivity contribution in [2.45, 2.75) is 40.2 Å². The summed E-state index contributed by atoms with van der Waals surface area (Å²) < 4.78 is 0. The smallest absolute Gasteiger partial charge is 0.0110 e. The predicted molar refractivity (Wildman–Crippen MR) is 77.6 cm³/mol. The third kappa shape index (κ3) is 10.7. The minimum absolute atomic E-state index is 0.654. The molecule has 0 aliphatic rings. The quantitative estimate of drug-likeness (QED) is 0.591. The zero-order valence-corrected chi connectivity index (χ0v) is 12.8. The van der Waals surface area contributed by atoms with E-state index in [9.17, 15) is 0 Å². The summed E-state index contributed by atoms with van der Waals surface area (Å²) in [7, 11) is 4.26. The summed E-state index contributed by atoms with van der Waals surface area (Å²) in [6, 6.07) is 0.654. The van der Waals surface area contributed by atoms with E-state index in [1.54, 1.807) is 0 Å². The van der Waals surface area contributed by atoms with Gasteiger partial charge in [-0.3, -0.25) is 4.90 Å². The second-order valence-electron chi connectivity index (χ2n) is 5.89. The Bertz CT molecular complexity index is 167. The van der Waals surface area contributed by atoms with Gasteiger partial charge < -0.3 is 10.2 Å². The number of rotatable bonds is 10. The first-order valence-electron chi connectivity index (χ1n) is 7.03. The van der Waals surface area contributed by atoms with E-state index in [1.165, 1.54) is 19.5 Å². The average molecular weight is 243 g/mol. The molecule has 0 fully saturated rings. The molecule has 0 radical (unpaired) electrons. The maximum Gasteiger partial charge on any atom is 0.0110 e. The Morgan fingerprint density at radius 1 is 0.941 bits per heavy atom. The summed E-state index contributed by atoms with van der Waals surface area (Å²) in [6.07, 6.45) is 1.23. The zero-order valence-electron chi connectivity index (χ0n) is 12.8. The molecule has 0 amide bonds. The van der Waals surface area contributed by atoms with Crippen molar-refractivity contribution >= 4 is 0 Å². The molecule has 0 heterocycles. The van der Waals surface area contributed by atoms with Crippen molar-refractivity contribution in [2.75, 3.05) is 46.8 Å². The van der Waals surface area contributed by atoms with Gasteiger partial charge in [-0.15, -0.1) is 0 Å². The Kier molecular flexibility index (Phi) is 9.79. The Morgan fingerprint density at radius 2 is 1.59 bits per heavy atom. The van der Waals surface area contributed by atoms with E-state index in [-0.39, 0.29) is 0 Å². The normalized spacial score (nSPS) is 12.4. The molecule has 104 valence electrons. The van der Waals surface area contributed by atoms with Crippen LogP contribution in [0, 0.1) is 5.92 Å².